The number of nitrogens with zero attached hydrogens (tertiary/aromatic N) is 6. The van der Waals surface area contributed by atoms with E-state index in [0.29, 0.717) is 29.1 Å². The number of anilines is 1. The van der Waals surface area contributed by atoms with Gasteiger partial charge in [-0.2, -0.15) is 5.10 Å². The van der Waals surface area contributed by atoms with Crippen molar-refractivity contribution in [3.05, 3.63) is 57.3 Å². The Morgan fingerprint density at radius 2 is 2.00 bits per heavy atom. The predicted octanol–water partition coefficient (Wildman–Crippen LogP) is 3.12. The molecule has 10 heteroatoms. The van der Waals surface area contributed by atoms with Crippen LogP contribution in [-0.4, -0.2) is 50.1 Å². The maximum absolute atomic E-state index is 14.5. The summed E-state index contributed by atoms with van der Waals surface area (Å²) >= 11 is 5.88. The highest BCUT2D eigenvalue weighted by molar-refractivity contribution is 6.30. The first kappa shape index (κ1) is 21.1. The summed E-state index contributed by atoms with van der Waals surface area (Å²) in [5.41, 5.74) is 1.81. The maximum atomic E-state index is 14.5. The first-order valence-electron chi connectivity index (χ1n) is 10.9. The Balaban J connectivity index is 1.34. The number of benzene rings is 1. The van der Waals surface area contributed by atoms with Crippen LogP contribution in [0.4, 0.5) is 10.1 Å². The van der Waals surface area contributed by atoms with Gasteiger partial charge >= 0.3 is 0 Å². The lowest BCUT2D eigenvalue weighted by Gasteiger charge is -2.43. The number of aromatic nitrogens is 5. The van der Waals surface area contributed by atoms with Gasteiger partial charge in [-0.15, -0.1) is 5.10 Å². The molecule has 0 atom stereocenters. The Labute approximate surface area is 189 Å². The summed E-state index contributed by atoms with van der Waals surface area (Å²) in [6.07, 6.45) is 5.87. The maximum Gasteiger partial charge on any atom is 0.269 e. The molecule has 3 aromatic rings. The minimum atomic E-state index is -0.492. The topological polar surface area (TPSA) is 78.1 Å². The Hall–Kier alpha value is -2.78. The summed E-state index contributed by atoms with van der Waals surface area (Å²) < 4.78 is 23.5. The van der Waals surface area contributed by atoms with Crippen LogP contribution in [0.15, 0.2) is 35.3 Å². The molecule has 0 bridgehead atoms. The second-order valence-electron chi connectivity index (χ2n) is 8.25. The highest BCUT2D eigenvalue weighted by Crippen LogP contribution is 2.29. The van der Waals surface area contributed by atoms with Gasteiger partial charge in [-0.05, 0) is 44.4 Å². The molecule has 8 nitrogen and oxygen atoms in total. The molecule has 0 unspecified atom stereocenters. The molecule has 2 fully saturated rings. The zero-order chi connectivity index (χ0) is 22.2. The van der Waals surface area contributed by atoms with E-state index in [0.717, 1.165) is 31.6 Å². The molecule has 1 saturated heterocycles. The van der Waals surface area contributed by atoms with Gasteiger partial charge in [0.15, 0.2) is 0 Å². The van der Waals surface area contributed by atoms with Gasteiger partial charge in [0, 0.05) is 36.3 Å². The van der Waals surface area contributed by atoms with E-state index in [-0.39, 0.29) is 23.8 Å². The molecule has 1 aliphatic carbocycles. The highest BCUT2D eigenvalue weighted by Gasteiger charge is 2.32. The molecule has 5 rings (SSSR count). The van der Waals surface area contributed by atoms with Crippen LogP contribution in [0.5, 0.6) is 0 Å². The van der Waals surface area contributed by atoms with Crippen molar-refractivity contribution in [1.82, 2.24) is 24.8 Å². The number of halogens is 2. The van der Waals surface area contributed by atoms with E-state index < -0.39 is 5.82 Å². The van der Waals surface area contributed by atoms with Gasteiger partial charge in [-0.25, -0.2) is 13.8 Å². The Kier molecular flexibility index (Phi) is 5.69. The summed E-state index contributed by atoms with van der Waals surface area (Å²) in [6, 6.07) is 5.98. The Morgan fingerprint density at radius 3 is 2.66 bits per heavy atom. The number of aryl methyl sites for hydroxylation is 1. The second kappa shape index (κ2) is 8.63. The number of ether oxygens (including phenoxy) is 1. The molecular formula is C22H24ClFN6O2. The average molecular weight is 459 g/mol. The molecule has 1 aliphatic heterocycles. The molecule has 1 saturated carbocycles. The standard InChI is InChI=1S/C22H24ClFN6O2/c1-2-29-20(22(26-27-29)18-7-6-14(23)8-19(18)24)13-30-21(31)9-15(10-25-30)28-11-17(12-28)32-16-4-3-5-16/h6-10,16-17H,2-5,11-13H2,1H3. The van der Waals surface area contributed by atoms with Crippen LogP contribution in [0, 0.1) is 5.82 Å². The van der Waals surface area contributed by atoms with Crippen molar-refractivity contribution in [2.45, 2.75) is 51.5 Å². The second-order valence-corrected chi connectivity index (χ2v) is 8.69. The predicted molar refractivity (Wildman–Crippen MR) is 118 cm³/mol. The van der Waals surface area contributed by atoms with Crippen molar-refractivity contribution in [2.75, 3.05) is 18.0 Å². The van der Waals surface area contributed by atoms with Gasteiger partial charge in [0.25, 0.3) is 5.56 Å². The highest BCUT2D eigenvalue weighted by atomic mass is 35.5. The summed E-state index contributed by atoms with van der Waals surface area (Å²) in [5.74, 6) is -0.492. The minimum Gasteiger partial charge on any atom is -0.371 e. The zero-order valence-corrected chi connectivity index (χ0v) is 18.5. The molecule has 0 spiro atoms. The average Bonchev–Trinajstić information content (AvgIpc) is 3.09. The van der Waals surface area contributed by atoms with Gasteiger partial charge in [0.1, 0.15) is 11.5 Å². The van der Waals surface area contributed by atoms with Crippen molar-refractivity contribution >= 4 is 17.3 Å². The Morgan fingerprint density at radius 1 is 1.19 bits per heavy atom. The van der Waals surface area contributed by atoms with E-state index in [1.54, 1.807) is 29.1 Å². The lowest BCUT2D eigenvalue weighted by atomic mass is 9.95. The van der Waals surface area contributed by atoms with E-state index in [4.69, 9.17) is 16.3 Å². The van der Waals surface area contributed by atoms with Crippen LogP contribution in [0.1, 0.15) is 31.9 Å². The minimum absolute atomic E-state index is 0.130. The molecule has 168 valence electrons. The normalized spacial score (nSPS) is 16.8. The molecule has 0 N–H and O–H groups in total. The van der Waals surface area contributed by atoms with Crippen LogP contribution in [0.2, 0.25) is 5.02 Å². The van der Waals surface area contributed by atoms with Crippen LogP contribution in [-0.2, 0) is 17.8 Å². The monoisotopic (exact) mass is 458 g/mol. The van der Waals surface area contributed by atoms with Crippen molar-refractivity contribution in [1.29, 1.82) is 0 Å². The fourth-order valence-electron chi connectivity index (χ4n) is 4.01. The van der Waals surface area contributed by atoms with Crippen LogP contribution >= 0.6 is 11.6 Å². The van der Waals surface area contributed by atoms with E-state index in [9.17, 15) is 9.18 Å². The van der Waals surface area contributed by atoms with Crippen LogP contribution in [0.25, 0.3) is 11.3 Å². The number of hydrogen-bond donors (Lipinski definition) is 0. The van der Waals surface area contributed by atoms with E-state index >= 15 is 0 Å². The largest absolute Gasteiger partial charge is 0.371 e. The third-order valence-electron chi connectivity index (χ3n) is 6.13. The molecule has 0 radical (unpaired) electrons. The van der Waals surface area contributed by atoms with Crippen molar-refractivity contribution in [3.8, 4) is 11.3 Å². The van der Waals surface area contributed by atoms with E-state index in [1.807, 2.05) is 6.92 Å². The van der Waals surface area contributed by atoms with Gasteiger partial charge in [-0.1, -0.05) is 16.8 Å². The van der Waals surface area contributed by atoms with Crippen LogP contribution < -0.4 is 10.5 Å². The molecule has 2 aromatic heterocycles. The lowest BCUT2D eigenvalue weighted by Crippen LogP contribution is -2.54. The molecule has 1 aromatic carbocycles. The van der Waals surface area contributed by atoms with Gasteiger partial charge in [0.05, 0.1) is 36.3 Å². The third-order valence-corrected chi connectivity index (χ3v) is 6.36. The fourth-order valence-corrected chi connectivity index (χ4v) is 4.16. The van der Waals surface area contributed by atoms with Crippen LogP contribution in [0.3, 0.4) is 0 Å². The molecule has 3 heterocycles. The molecule has 0 amide bonds. The summed E-state index contributed by atoms with van der Waals surface area (Å²) in [7, 11) is 0. The number of hydrogen-bond acceptors (Lipinski definition) is 6. The number of rotatable bonds is 7. The summed E-state index contributed by atoms with van der Waals surface area (Å²) in [4.78, 5) is 14.9. The third kappa shape index (κ3) is 4.02. The first-order chi connectivity index (χ1) is 15.5. The van der Waals surface area contributed by atoms with Crippen molar-refractivity contribution in [2.24, 2.45) is 0 Å². The first-order valence-corrected chi connectivity index (χ1v) is 11.2. The Bertz CT molecular complexity index is 1190. The van der Waals surface area contributed by atoms with Crippen molar-refractivity contribution < 1.29 is 9.13 Å². The molecular weight excluding hydrogens is 435 g/mol. The zero-order valence-electron chi connectivity index (χ0n) is 17.7. The SMILES string of the molecule is CCn1nnc(-c2ccc(Cl)cc2F)c1Cn1ncc(N2CC(OC3CCC3)C2)cc1=O. The fraction of sp³-hybridized carbons (Fsp3) is 0.455. The quantitative estimate of drug-likeness (QED) is 0.541. The van der Waals surface area contributed by atoms with Crippen molar-refractivity contribution in [3.63, 3.8) is 0 Å². The molecule has 32 heavy (non-hydrogen) atoms. The lowest BCUT2D eigenvalue weighted by molar-refractivity contribution is -0.0614. The molecule has 2 aliphatic rings. The summed E-state index contributed by atoms with van der Waals surface area (Å²) in [5, 5.41) is 12.9. The van der Waals surface area contributed by atoms with E-state index in [2.05, 4.69) is 20.3 Å². The van der Waals surface area contributed by atoms with E-state index in [1.165, 1.54) is 17.2 Å². The summed E-state index contributed by atoms with van der Waals surface area (Å²) in [6.45, 7) is 4.11. The smallest absolute Gasteiger partial charge is 0.269 e. The van der Waals surface area contributed by atoms with Gasteiger partial charge < -0.3 is 9.64 Å². The van der Waals surface area contributed by atoms with Gasteiger partial charge in [-0.3, -0.25) is 4.79 Å². The van der Waals surface area contributed by atoms with Gasteiger partial charge in [0.2, 0.25) is 0 Å².